The summed E-state index contributed by atoms with van der Waals surface area (Å²) in [5.41, 5.74) is 4.11. The first-order chi connectivity index (χ1) is 11.1. The van der Waals surface area contributed by atoms with Crippen LogP contribution < -0.4 is 0 Å². The van der Waals surface area contributed by atoms with Gasteiger partial charge in [-0.1, -0.05) is 48.5 Å². The third-order valence-corrected chi connectivity index (χ3v) is 5.17. The van der Waals surface area contributed by atoms with E-state index in [0.717, 1.165) is 36.1 Å². The maximum atomic E-state index is 10.8. The number of aliphatic hydroxyl groups is 1. The summed E-state index contributed by atoms with van der Waals surface area (Å²) in [5.74, 6) is 0. The summed E-state index contributed by atoms with van der Waals surface area (Å²) in [4.78, 5) is 2.21. The first kappa shape index (κ1) is 14.9. The van der Waals surface area contributed by atoms with E-state index in [0.29, 0.717) is 0 Å². The Balaban J connectivity index is 1.85. The molecule has 23 heavy (non-hydrogen) atoms. The van der Waals surface area contributed by atoms with Gasteiger partial charge in [0, 0.05) is 0 Å². The van der Waals surface area contributed by atoms with Crippen LogP contribution in [-0.4, -0.2) is 30.6 Å². The summed E-state index contributed by atoms with van der Waals surface area (Å²) in [7, 11) is 4.20. The van der Waals surface area contributed by atoms with E-state index in [-0.39, 0.29) is 6.10 Å². The minimum Gasteiger partial charge on any atom is -0.385 e. The molecule has 2 aromatic rings. The Morgan fingerprint density at radius 2 is 1.61 bits per heavy atom. The van der Waals surface area contributed by atoms with Crippen molar-refractivity contribution in [3.8, 4) is 0 Å². The van der Waals surface area contributed by atoms with Gasteiger partial charge in [0.2, 0.25) is 0 Å². The number of aliphatic hydroxyl groups excluding tert-OH is 1. The van der Waals surface area contributed by atoms with Gasteiger partial charge in [-0.15, -0.1) is 0 Å². The smallest absolute Gasteiger partial charge is 0.120 e. The zero-order valence-corrected chi connectivity index (χ0v) is 13.7. The van der Waals surface area contributed by atoms with E-state index in [1.165, 1.54) is 5.56 Å². The molecule has 0 saturated carbocycles. The Morgan fingerprint density at radius 1 is 1.00 bits per heavy atom. The predicted molar refractivity (Wildman–Crippen MR) is 90.2 cm³/mol. The Kier molecular flexibility index (Phi) is 3.52. The molecular formula is C20H23NO2. The fourth-order valence-electron chi connectivity index (χ4n) is 4.16. The van der Waals surface area contributed by atoms with Crippen LogP contribution in [0.5, 0.6) is 0 Å². The molecule has 3 nitrogen and oxygen atoms in total. The predicted octanol–water partition coefficient (Wildman–Crippen LogP) is 3.39. The normalized spacial score (nSPS) is 27.8. The average Bonchev–Trinajstić information content (AvgIpc) is 2.86. The summed E-state index contributed by atoms with van der Waals surface area (Å²) in [6.07, 6.45) is 1.15. The van der Waals surface area contributed by atoms with E-state index in [9.17, 15) is 5.11 Å². The number of benzene rings is 2. The van der Waals surface area contributed by atoms with Gasteiger partial charge < -0.3 is 14.7 Å². The molecule has 4 rings (SSSR count). The van der Waals surface area contributed by atoms with Gasteiger partial charge in [-0.05, 0) is 55.7 Å². The second-order valence-corrected chi connectivity index (χ2v) is 6.89. The van der Waals surface area contributed by atoms with Crippen LogP contribution in [0, 0.1) is 0 Å². The fourth-order valence-corrected chi connectivity index (χ4v) is 4.16. The van der Waals surface area contributed by atoms with Crippen molar-refractivity contribution < 1.29 is 9.84 Å². The summed E-state index contributed by atoms with van der Waals surface area (Å²) in [6.45, 7) is 1.03. The highest BCUT2D eigenvalue weighted by molar-refractivity contribution is 5.53. The lowest BCUT2D eigenvalue weighted by Crippen LogP contribution is -2.34. The van der Waals surface area contributed by atoms with E-state index in [1.54, 1.807) is 0 Å². The summed E-state index contributed by atoms with van der Waals surface area (Å²) < 4.78 is 6.51. The van der Waals surface area contributed by atoms with Crippen LogP contribution in [0.15, 0.2) is 48.5 Å². The van der Waals surface area contributed by atoms with Crippen molar-refractivity contribution in [2.45, 2.75) is 30.7 Å². The third-order valence-electron chi connectivity index (χ3n) is 5.17. The molecule has 2 aromatic carbocycles. The number of fused-ring (bicyclic) bond motifs is 7. The molecule has 0 saturated heterocycles. The molecule has 0 aromatic heterocycles. The molecule has 0 unspecified atom stereocenters. The molecule has 0 spiro atoms. The molecule has 2 heterocycles. The lowest BCUT2D eigenvalue weighted by Gasteiger charge is -2.39. The van der Waals surface area contributed by atoms with Crippen LogP contribution in [-0.2, 0) is 10.3 Å². The molecule has 0 radical (unpaired) electrons. The molecule has 3 heteroatoms. The molecule has 3 atom stereocenters. The molecule has 0 aliphatic carbocycles. The van der Waals surface area contributed by atoms with Gasteiger partial charge >= 0.3 is 0 Å². The summed E-state index contributed by atoms with van der Waals surface area (Å²) in [6, 6.07) is 16.6. The van der Waals surface area contributed by atoms with Gasteiger partial charge in [0.05, 0.1) is 0 Å². The molecule has 2 aliphatic rings. The monoisotopic (exact) mass is 309 g/mol. The Morgan fingerprint density at radius 3 is 2.30 bits per heavy atom. The topological polar surface area (TPSA) is 32.7 Å². The number of ether oxygens (including phenoxy) is 1. The van der Waals surface area contributed by atoms with Crippen molar-refractivity contribution in [2.75, 3.05) is 20.6 Å². The van der Waals surface area contributed by atoms with Crippen molar-refractivity contribution in [3.63, 3.8) is 0 Å². The van der Waals surface area contributed by atoms with Gasteiger partial charge in [-0.25, -0.2) is 0 Å². The van der Waals surface area contributed by atoms with Crippen LogP contribution in [0.2, 0.25) is 0 Å². The summed E-state index contributed by atoms with van der Waals surface area (Å²) >= 11 is 0. The van der Waals surface area contributed by atoms with Gasteiger partial charge in [0.1, 0.15) is 17.8 Å². The van der Waals surface area contributed by atoms with Crippen LogP contribution in [0.25, 0.3) is 0 Å². The second kappa shape index (κ2) is 5.45. The molecule has 0 amide bonds. The van der Waals surface area contributed by atoms with E-state index in [4.69, 9.17) is 4.74 Å². The maximum absolute atomic E-state index is 10.8. The van der Waals surface area contributed by atoms with Crippen LogP contribution in [0.1, 0.15) is 47.3 Å². The average molecular weight is 309 g/mol. The highest BCUT2D eigenvalue weighted by atomic mass is 16.5. The molecule has 0 fully saturated rings. The van der Waals surface area contributed by atoms with Crippen LogP contribution >= 0.6 is 0 Å². The lowest BCUT2D eigenvalue weighted by atomic mass is 9.80. The number of rotatable bonds is 4. The first-order valence-corrected chi connectivity index (χ1v) is 8.33. The van der Waals surface area contributed by atoms with Gasteiger partial charge in [0.15, 0.2) is 0 Å². The van der Waals surface area contributed by atoms with E-state index >= 15 is 0 Å². The number of hydrogen-bond donors (Lipinski definition) is 1. The van der Waals surface area contributed by atoms with Gasteiger partial charge in [-0.2, -0.15) is 0 Å². The fraction of sp³-hybridized carbons (Fsp3) is 0.400. The van der Waals surface area contributed by atoms with Crippen molar-refractivity contribution in [2.24, 2.45) is 0 Å². The van der Waals surface area contributed by atoms with Crippen molar-refractivity contribution in [1.82, 2.24) is 4.90 Å². The quantitative estimate of drug-likeness (QED) is 0.939. The van der Waals surface area contributed by atoms with Crippen molar-refractivity contribution in [1.29, 1.82) is 0 Å². The Labute approximate surface area is 137 Å². The zero-order chi connectivity index (χ0) is 16.0. The first-order valence-electron chi connectivity index (χ1n) is 8.33. The van der Waals surface area contributed by atoms with E-state index < -0.39 is 11.7 Å². The van der Waals surface area contributed by atoms with E-state index in [1.807, 2.05) is 24.3 Å². The standard InChI is InChI=1S/C20H23NO2/c1-21(2)13-7-12-20-16-10-5-3-8-14(16)18(22)19(23-20)15-9-4-6-11-17(15)20/h3-6,8-11,18-19,22H,7,12-13H2,1-2H3/t18-,19+,20+/m1/s1. The molecule has 2 bridgehead atoms. The molecule has 2 aliphatic heterocycles. The minimum absolute atomic E-state index is 0.250. The maximum Gasteiger partial charge on any atom is 0.120 e. The zero-order valence-electron chi connectivity index (χ0n) is 13.7. The highest BCUT2D eigenvalue weighted by Gasteiger charge is 2.53. The van der Waals surface area contributed by atoms with Crippen molar-refractivity contribution >= 4 is 0 Å². The minimum atomic E-state index is -0.586. The molecule has 1 N–H and O–H groups in total. The molecule has 120 valence electrons. The second-order valence-electron chi connectivity index (χ2n) is 6.89. The largest absolute Gasteiger partial charge is 0.385 e. The van der Waals surface area contributed by atoms with Crippen molar-refractivity contribution in [3.05, 3.63) is 70.8 Å². The lowest BCUT2D eigenvalue weighted by molar-refractivity contribution is -0.124. The Bertz CT molecular complexity index is 727. The van der Waals surface area contributed by atoms with Gasteiger partial charge in [0.25, 0.3) is 0 Å². The number of nitrogens with zero attached hydrogens (tertiary/aromatic N) is 1. The number of hydrogen-bond acceptors (Lipinski definition) is 3. The third kappa shape index (κ3) is 2.15. The SMILES string of the molecule is CN(C)CCC[C@@]12O[C@@H](c3ccccc31)[C@H](O)c1ccccc12. The molecular weight excluding hydrogens is 286 g/mol. The Hall–Kier alpha value is -1.68. The van der Waals surface area contributed by atoms with E-state index in [2.05, 4.69) is 43.3 Å². The van der Waals surface area contributed by atoms with Gasteiger partial charge in [-0.3, -0.25) is 0 Å². The van der Waals surface area contributed by atoms with Crippen LogP contribution in [0.4, 0.5) is 0 Å². The summed E-state index contributed by atoms with van der Waals surface area (Å²) in [5, 5.41) is 10.8. The highest BCUT2D eigenvalue weighted by Crippen LogP contribution is 2.58. The van der Waals surface area contributed by atoms with Crippen LogP contribution in [0.3, 0.4) is 0 Å².